The second-order valence-electron chi connectivity index (χ2n) is 6.76. The van der Waals surface area contributed by atoms with Crippen LogP contribution in [-0.4, -0.2) is 24.8 Å². The molecule has 1 aliphatic heterocycles. The molecule has 146 valence electrons. The summed E-state index contributed by atoms with van der Waals surface area (Å²) in [5.41, 5.74) is 1.08. The van der Waals surface area contributed by atoms with Crippen LogP contribution in [0.5, 0.6) is 5.75 Å². The molecular formula is C21H24F3NO2. The monoisotopic (exact) mass is 379 g/mol. The van der Waals surface area contributed by atoms with E-state index in [1.807, 2.05) is 31.1 Å². The fraction of sp³-hybridized carbons (Fsp3) is 0.381. The van der Waals surface area contributed by atoms with Crippen LogP contribution in [0.15, 0.2) is 48.5 Å². The first-order valence-corrected chi connectivity index (χ1v) is 8.79. The molecule has 0 aromatic heterocycles. The minimum atomic E-state index is -4.33. The maximum absolute atomic E-state index is 12.7. The maximum Gasteiger partial charge on any atom is 0.416 e. The van der Waals surface area contributed by atoms with E-state index in [9.17, 15) is 13.2 Å². The van der Waals surface area contributed by atoms with E-state index < -0.39 is 11.7 Å². The molecule has 0 radical (unpaired) electrons. The van der Waals surface area contributed by atoms with E-state index in [0.29, 0.717) is 11.3 Å². The van der Waals surface area contributed by atoms with Gasteiger partial charge in [-0.05, 0) is 54.3 Å². The average molecular weight is 379 g/mol. The van der Waals surface area contributed by atoms with Crippen molar-refractivity contribution >= 4 is 6.79 Å². The lowest BCUT2D eigenvalue weighted by molar-refractivity contribution is -0.137. The van der Waals surface area contributed by atoms with Crippen LogP contribution >= 0.6 is 0 Å². The summed E-state index contributed by atoms with van der Waals surface area (Å²) in [5.74, 6) is 1.42. The Bertz CT molecular complexity index is 716. The van der Waals surface area contributed by atoms with Gasteiger partial charge >= 0.3 is 6.18 Å². The van der Waals surface area contributed by atoms with Gasteiger partial charge in [-0.2, -0.15) is 13.2 Å². The van der Waals surface area contributed by atoms with Crippen LogP contribution in [0.3, 0.4) is 0 Å². The van der Waals surface area contributed by atoms with Gasteiger partial charge in [0.05, 0.1) is 5.56 Å². The Morgan fingerprint density at radius 1 is 1.11 bits per heavy atom. The Morgan fingerprint density at radius 3 is 2.41 bits per heavy atom. The molecule has 1 atom stereocenters. The molecule has 1 aliphatic rings. The summed E-state index contributed by atoms with van der Waals surface area (Å²) in [6, 6.07) is 13.0. The number of rotatable bonds is 5. The molecule has 1 saturated heterocycles. The van der Waals surface area contributed by atoms with Crippen molar-refractivity contribution in [3.05, 3.63) is 65.2 Å². The standard InChI is InChI=1S/C20H22F3NO.CH2O/c1-15-9-10-24(12-15)13-16-5-7-19(8-6-16)25-14-17-3-2-4-18(11-17)20(21,22)23;1-2/h2-8,11,15H,9-10,12-14H2,1H3;1H2. The molecule has 0 amide bonds. The lowest BCUT2D eigenvalue weighted by Crippen LogP contribution is -2.19. The van der Waals surface area contributed by atoms with Crippen LogP contribution in [0, 0.1) is 5.92 Å². The van der Waals surface area contributed by atoms with Crippen molar-refractivity contribution < 1.29 is 22.7 Å². The highest BCUT2D eigenvalue weighted by Crippen LogP contribution is 2.29. The number of alkyl halides is 3. The van der Waals surface area contributed by atoms with Crippen LogP contribution in [0.25, 0.3) is 0 Å². The van der Waals surface area contributed by atoms with Gasteiger partial charge in [0.25, 0.3) is 0 Å². The normalized spacial score (nSPS) is 17.3. The van der Waals surface area contributed by atoms with Crippen molar-refractivity contribution in [3.63, 3.8) is 0 Å². The molecule has 3 rings (SSSR count). The summed E-state index contributed by atoms with van der Waals surface area (Å²) in [6.45, 7) is 7.58. The molecule has 0 saturated carbocycles. The van der Waals surface area contributed by atoms with Gasteiger partial charge in [0.15, 0.2) is 0 Å². The van der Waals surface area contributed by atoms with Crippen LogP contribution < -0.4 is 4.74 Å². The molecule has 0 N–H and O–H groups in total. The number of nitrogens with zero attached hydrogens (tertiary/aromatic N) is 1. The third kappa shape index (κ3) is 6.40. The number of hydrogen-bond acceptors (Lipinski definition) is 3. The van der Waals surface area contributed by atoms with Crippen LogP contribution in [0.2, 0.25) is 0 Å². The van der Waals surface area contributed by atoms with Gasteiger partial charge in [-0.3, -0.25) is 4.90 Å². The lowest BCUT2D eigenvalue weighted by atomic mass is 10.1. The molecule has 1 fully saturated rings. The Morgan fingerprint density at radius 2 is 1.81 bits per heavy atom. The Labute approximate surface area is 157 Å². The van der Waals surface area contributed by atoms with Crippen LogP contribution in [-0.2, 0) is 24.1 Å². The first-order chi connectivity index (χ1) is 12.9. The molecular weight excluding hydrogens is 355 g/mol. The molecule has 6 heteroatoms. The van der Waals surface area contributed by atoms with E-state index >= 15 is 0 Å². The fourth-order valence-electron chi connectivity index (χ4n) is 3.12. The van der Waals surface area contributed by atoms with Crippen LogP contribution in [0.1, 0.15) is 30.0 Å². The molecule has 1 heterocycles. The quantitative estimate of drug-likeness (QED) is 0.737. The van der Waals surface area contributed by atoms with Gasteiger partial charge < -0.3 is 9.53 Å². The predicted octanol–water partition coefficient (Wildman–Crippen LogP) is 4.94. The Kier molecular flexibility index (Phi) is 7.42. The van der Waals surface area contributed by atoms with Gasteiger partial charge in [0, 0.05) is 13.1 Å². The van der Waals surface area contributed by atoms with Crippen molar-refractivity contribution in [2.24, 2.45) is 5.92 Å². The molecule has 0 spiro atoms. The zero-order chi connectivity index (χ0) is 19.9. The minimum absolute atomic E-state index is 0.118. The number of carbonyl (C=O) groups excluding carboxylic acids is 1. The average Bonchev–Trinajstić information content (AvgIpc) is 3.07. The third-order valence-corrected chi connectivity index (χ3v) is 4.50. The number of ether oxygens (including phenoxy) is 1. The van der Waals surface area contributed by atoms with Gasteiger partial charge in [-0.15, -0.1) is 0 Å². The maximum atomic E-state index is 12.7. The smallest absolute Gasteiger partial charge is 0.416 e. The number of likely N-dealkylation sites (tertiary alicyclic amines) is 1. The fourth-order valence-corrected chi connectivity index (χ4v) is 3.12. The SMILES string of the molecule is C=O.CC1CCN(Cc2ccc(OCc3cccc(C(F)(F)F)c3)cc2)C1. The van der Waals surface area contributed by atoms with E-state index in [2.05, 4.69) is 11.8 Å². The third-order valence-electron chi connectivity index (χ3n) is 4.50. The second kappa shape index (κ2) is 9.55. The van der Waals surface area contributed by atoms with Crippen molar-refractivity contribution in [1.82, 2.24) is 4.90 Å². The molecule has 0 aliphatic carbocycles. The molecule has 1 unspecified atom stereocenters. The first-order valence-electron chi connectivity index (χ1n) is 8.79. The number of carbonyl (C=O) groups is 1. The Balaban J connectivity index is 0.00000126. The minimum Gasteiger partial charge on any atom is -0.489 e. The number of halogens is 3. The van der Waals surface area contributed by atoms with Gasteiger partial charge in [-0.1, -0.05) is 31.2 Å². The zero-order valence-corrected chi connectivity index (χ0v) is 15.3. The number of benzene rings is 2. The summed E-state index contributed by atoms with van der Waals surface area (Å²) >= 11 is 0. The van der Waals surface area contributed by atoms with Crippen molar-refractivity contribution in [3.8, 4) is 5.75 Å². The summed E-state index contributed by atoms with van der Waals surface area (Å²) in [7, 11) is 0. The van der Waals surface area contributed by atoms with Crippen molar-refractivity contribution in [2.75, 3.05) is 13.1 Å². The molecule has 27 heavy (non-hydrogen) atoms. The molecule has 2 aromatic rings. The van der Waals surface area contributed by atoms with E-state index in [1.54, 1.807) is 6.07 Å². The highest BCUT2D eigenvalue weighted by atomic mass is 19.4. The van der Waals surface area contributed by atoms with Gasteiger partial charge in [-0.25, -0.2) is 0 Å². The summed E-state index contributed by atoms with van der Waals surface area (Å²) in [4.78, 5) is 10.4. The highest BCUT2D eigenvalue weighted by molar-refractivity contribution is 5.29. The Hall–Kier alpha value is -2.34. The zero-order valence-electron chi connectivity index (χ0n) is 15.3. The molecule has 2 aromatic carbocycles. The lowest BCUT2D eigenvalue weighted by Gasteiger charge is -2.15. The van der Waals surface area contributed by atoms with E-state index in [0.717, 1.165) is 37.7 Å². The van der Waals surface area contributed by atoms with Crippen LogP contribution in [0.4, 0.5) is 13.2 Å². The highest BCUT2D eigenvalue weighted by Gasteiger charge is 2.30. The predicted molar refractivity (Wildman–Crippen MR) is 98.4 cm³/mol. The van der Waals surface area contributed by atoms with E-state index in [4.69, 9.17) is 9.53 Å². The second-order valence-corrected chi connectivity index (χ2v) is 6.76. The van der Waals surface area contributed by atoms with E-state index in [1.165, 1.54) is 18.1 Å². The van der Waals surface area contributed by atoms with Crippen molar-refractivity contribution in [1.29, 1.82) is 0 Å². The topological polar surface area (TPSA) is 29.5 Å². The summed E-state index contributed by atoms with van der Waals surface area (Å²) in [5, 5.41) is 0. The number of hydrogen-bond donors (Lipinski definition) is 0. The summed E-state index contributed by atoms with van der Waals surface area (Å²) < 4.78 is 43.8. The summed E-state index contributed by atoms with van der Waals surface area (Å²) in [6.07, 6.45) is -3.08. The molecule has 3 nitrogen and oxygen atoms in total. The largest absolute Gasteiger partial charge is 0.489 e. The van der Waals surface area contributed by atoms with E-state index in [-0.39, 0.29) is 6.61 Å². The van der Waals surface area contributed by atoms with Gasteiger partial charge in [0.2, 0.25) is 0 Å². The first kappa shape index (κ1) is 21.0. The molecule has 0 bridgehead atoms. The van der Waals surface area contributed by atoms with Crippen molar-refractivity contribution in [2.45, 2.75) is 32.7 Å². The van der Waals surface area contributed by atoms with Gasteiger partial charge in [0.1, 0.15) is 19.1 Å².